The van der Waals surface area contributed by atoms with Crippen LogP contribution in [0.25, 0.3) is 22.3 Å². The lowest BCUT2D eigenvalue weighted by Crippen LogP contribution is -2.24. The standard InChI is InChI=1S/C19H18N8O/c20-18(28)14-7-5-13(6-8-14)15-9-10-21-19(24-15)22-11-12-23-27-25-16-3-1-2-4-17(16)26-27/h1-10,23H,11-12H2,(H2,20,28)(H,21,22,24). The van der Waals surface area contributed by atoms with Crippen molar-refractivity contribution in [1.82, 2.24) is 25.1 Å². The Labute approximate surface area is 160 Å². The van der Waals surface area contributed by atoms with E-state index in [1.165, 1.54) is 4.91 Å². The van der Waals surface area contributed by atoms with Crippen LogP contribution in [0, 0.1) is 0 Å². The molecule has 2 aromatic heterocycles. The lowest BCUT2D eigenvalue weighted by Gasteiger charge is -2.08. The number of primary amides is 1. The highest BCUT2D eigenvalue weighted by molar-refractivity contribution is 5.93. The number of fused-ring (bicyclic) bond motifs is 1. The second-order valence-corrected chi connectivity index (χ2v) is 6.02. The Hall–Kier alpha value is -4.01. The molecular weight excluding hydrogens is 356 g/mol. The second kappa shape index (κ2) is 7.70. The van der Waals surface area contributed by atoms with Crippen molar-refractivity contribution in [1.29, 1.82) is 0 Å². The molecule has 0 saturated heterocycles. The lowest BCUT2D eigenvalue weighted by molar-refractivity contribution is 0.100. The van der Waals surface area contributed by atoms with Crippen LogP contribution in [0.15, 0.2) is 60.8 Å². The third-order valence-corrected chi connectivity index (χ3v) is 4.07. The summed E-state index contributed by atoms with van der Waals surface area (Å²) in [5.74, 6) is 0.0560. The van der Waals surface area contributed by atoms with E-state index in [0.29, 0.717) is 24.6 Å². The number of amides is 1. The normalized spacial score (nSPS) is 10.7. The van der Waals surface area contributed by atoms with E-state index < -0.39 is 5.91 Å². The third kappa shape index (κ3) is 3.88. The van der Waals surface area contributed by atoms with Crippen molar-refractivity contribution in [3.8, 4) is 11.3 Å². The summed E-state index contributed by atoms with van der Waals surface area (Å²) in [5.41, 5.74) is 12.1. The number of nitrogens with zero attached hydrogens (tertiary/aromatic N) is 5. The van der Waals surface area contributed by atoms with E-state index in [-0.39, 0.29) is 0 Å². The Balaban J connectivity index is 1.35. The molecule has 4 N–H and O–H groups in total. The van der Waals surface area contributed by atoms with Crippen LogP contribution in [0.2, 0.25) is 0 Å². The number of anilines is 1. The Morgan fingerprint density at radius 3 is 2.36 bits per heavy atom. The van der Waals surface area contributed by atoms with Crippen molar-refractivity contribution < 1.29 is 4.79 Å². The van der Waals surface area contributed by atoms with Crippen LogP contribution in [0.1, 0.15) is 10.4 Å². The number of nitrogens with one attached hydrogen (secondary N) is 2. The number of carbonyl (C=O) groups excluding carboxylic acids is 1. The van der Waals surface area contributed by atoms with Crippen LogP contribution in [-0.4, -0.2) is 44.1 Å². The van der Waals surface area contributed by atoms with E-state index in [0.717, 1.165) is 22.3 Å². The molecule has 28 heavy (non-hydrogen) atoms. The molecule has 0 aliphatic heterocycles. The molecule has 0 saturated carbocycles. The van der Waals surface area contributed by atoms with E-state index in [4.69, 9.17) is 5.73 Å². The van der Waals surface area contributed by atoms with Gasteiger partial charge in [0.1, 0.15) is 11.0 Å². The number of hydrogen-bond donors (Lipinski definition) is 3. The minimum Gasteiger partial charge on any atom is -0.366 e. The summed E-state index contributed by atoms with van der Waals surface area (Å²) >= 11 is 0. The van der Waals surface area contributed by atoms with Crippen molar-refractivity contribution in [2.75, 3.05) is 23.8 Å². The number of aromatic nitrogens is 5. The molecular formula is C19H18N8O. The molecule has 4 rings (SSSR count). The average molecular weight is 374 g/mol. The Morgan fingerprint density at radius 2 is 1.68 bits per heavy atom. The summed E-state index contributed by atoms with van der Waals surface area (Å²) in [4.78, 5) is 21.4. The van der Waals surface area contributed by atoms with Gasteiger partial charge in [-0.05, 0) is 30.3 Å². The molecule has 4 aromatic rings. The number of benzene rings is 2. The van der Waals surface area contributed by atoms with Gasteiger partial charge in [0.2, 0.25) is 11.9 Å². The SMILES string of the molecule is NC(=O)c1ccc(-c2ccnc(NCCNn3nc4ccccc4n3)n2)cc1. The first kappa shape index (κ1) is 17.4. The Kier molecular flexibility index (Phi) is 4.79. The van der Waals surface area contributed by atoms with Crippen LogP contribution in [0.5, 0.6) is 0 Å². The van der Waals surface area contributed by atoms with E-state index in [2.05, 4.69) is 30.9 Å². The summed E-state index contributed by atoms with van der Waals surface area (Å²) < 4.78 is 0. The van der Waals surface area contributed by atoms with Crippen LogP contribution in [-0.2, 0) is 0 Å². The fourth-order valence-electron chi connectivity index (χ4n) is 2.67. The largest absolute Gasteiger partial charge is 0.366 e. The maximum Gasteiger partial charge on any atom is 0.248 e. The molecule has 0 bridgehead atoms. The fraction of sp³-hybridized carbons (Fsp3) is 0.105. The van der Waals surface area contributed by atoms with Gasteiger partial charge in [0.15, 0.2) is 0 Å². The number of hydrogen-bond acceptors (Lipinski definition) is 7. The summed E-state index contributed by atoms with van der Waals surface area (Å²) in [6, 6.07) is 16.5. The molecule has 0 unspecified atom stereocenters. The van der Waals surface area contributed by atoms with Gasteiger partial charge in [-0.15, -0.1) is 10.2 Å². The molecule has 140 valence electrons. The Morgan fingerprint density at radius 1 is 0.964 bits per heavy atom. The van der Waals surface area contributed by atoms with Crippen molar-refractivity contribution in [3.05, 3.63) is 66.4 Å². The highest BCUT2D eigenvalue weighted by Crippen LogP contribution is 2.18. The summed E-state index contributed by atoms with van der Waals surface area (Å²) in [7, 11) is 0. The molecule has 0 atom stereocenters. The van der Waals surface area contributed by atoms with Crippen molar-refractivity contribution >= 4 is 22.9 Å². The number of nitrogens with two attached hydrogens (primary N) is 1. The minimum absolute atomic E-state index is 0.455. The predicted molar refractivity (Wildman–Crippen MR) is 106 cm³/mol. The minimum atomic E-state index is -0.455. The first-order chi connectivity index (χ1) is 13.7. The van der Waals surface area contributed by atoms with Crippen LogP contribution < -0.4 is 16.5 Å². The zero-order valence-corrected chi connectivity index (χ0v) is 14.9. The van der Waals surface area contributed by atoms with Gasteiger partial charge < -0.3 is 11.1 Å². The highest BCUT2D eigenvalue weighted by atomic mass is 16.1. The Bertz CT molecular complexity index is 1070. The maximum absolute atomic E-state index is 11.2. The van der Waals surface area contributed by atoms with Crippen molar-refractivity contribution in [3.63, 3.8) is 0 Å². The highest BCUT2D eigenvalue weighted by Gasteiger charge is 2.05. The van der Waals surface area contributed by atoms with Gasteiger partial charge in [0.25, 0.3) is 0 Å². The van der Waals surface area contributed by atoms with E-state index in [1.807, 2.05) is 42.5 Å². The molecule has 0 radical (unpaired) electrons. The summed E-state index contributed by atoms with van der Waals surface area (Å²) in [6.07, 6.45) is 1.68. The van der Waals surface area contributed by atoms with E-state index in [1.54, 1.807) is 18.3 Å². The maximum atomic E-state index is 11.2. The molecule has 0 aliphatic rings. The predicted octanol–water partition coefficient (Wildman–Crippen LogP) is 1.64. The van der Waals surface area contributed by atoms with Crippen molar-refractivity contribution in [2.45, 2.75) is 0 Å². The summed E-state index contributed by atoms with van der Waals surface area (Å²) in [6.45, 7) is 1.17. The monoisotopic (exact) mass is 374 g/mol. The van der Waals surface area contributed by atoms with Gasteiger partial charge in [0, 0.05) is 23.9 Å². The fourth-order valence-corrected chi connectivity index (χ4v) is 2.67. The second-order valence-electron chi connectivity index (χ2n) is 6.02. The molecule has 0 fully saturated rings. The van der Waals surface area contributed by atoms with Gasteiger partial charge in [-0.3, -0.25) is 10.2 Å². The zero-order valence-electron chi connectivity index (χ0n) is 14.9. The number of carbonyl (C=O) groups is 1. The van der Waals surface area contributed by atoms with Gasteiger partial charge in [-0.2, -0.15) is 0 Å². The van der Waals surface area contributed by atoms with Crippen LogP contribution >= 0.6 is 0 Å². The van der Waals surface area contributed by atoms with Gasteiger partial charge in [-0.25, -0.2) is 9.97 Å². The van der Waals surface area contributed by atoms with Gasteiger partial charge >= 0.3 is 0 Å². The average Bonchev–Trinajstić information content (AvgIpc) is 3.14. The molecule has 9 heteroatoms. The van der Waals surface area contributed by atoms with Crippen LogP contribution in [0.4, 0.5) is 5.95 Å². The molecule has 2 aromatic carbocycles. The van der Waals surface area contributed by atoms with Crippen LogP contribution in [0.3, 0.4) is 0 Å². The van der Waals surface area contributed by atoms with E-state index in [9.17, 15) is 4.79 Å². The third-order valence-electron chi connectivity index (χ3n) is 4.07. The molecule has 1 amide bonds. The molecule has 9 nitrogen and oxygen atoms in total. The first-order valence-corrected chi connectivity index (χ1v) is 8.72. The van der Waals surface area contributed by atoms with Gasteiger partial charge in [-0.1, -0.05) is 29.2 Å². The lowest BCUT2D eigenvalue weighted by atomic mass is 10.1. The molecule has 0 spiro atoms. The topological polar surface area (TPSA) is 124 Å². The van der Waals surface area contributed by atoms with Gasteiger partial charge in [0.05, 0.1) is 12.2 Å². The zero-order chi connectivity index (χ0) is 19.3. The number of rotatable bonds is 7. The summed E-state index contributed by atoms with van der Waals surface area (Å²) in [5, 5.41) is 11.8. The quantitative estimate of drug-likeness (QED) is 0.420. The smallest absolute Gasteiger partial charge is 0.248 e. The van der Waals surface area contributed by atoms with E-state index >= 15 is 0 Å². The molecule has 0 aliphatic carbocycles. The first-order valence-electron chi connectivity index (χ1n) is 8.72. The van der Waals surface area contributed by atoms with Crippen molar-refractivity contribution in [2.24, 2.45) is 5.73 Å². The molecule has 2 heterocycles.